The number of carboxylic acid groups (broad SMARTS) is 1. The van der Waals surface area contributed by atoms with Crippen LogP contribution in [-0.2, 0) is 9.53 Å². The molecule has 0 aromatic heterocycles. The minimum atomic E-state index is -5.19. The lowest BCUT2D eigenvalue weighted by Gasteiger charge is -2.44. The molecule has 2 fully saturated rings. The van der Waals surface area contributed by atoms with Crippen molar-refractivity contribution >= 4 is 29.4 Å². The lowest BCUT2D eigenvalue weighted by Crippen LogP contribution is -2.55. The number of hydrogen-bond donors (Lipinski definition) is 2. The summed E-state index contributed by atoms with van der Waals surface area (Å²) < 4.78 is 38.2. The fourth-order valence-corrected chi connectivity index (χ4v) is 5.20. The molecule has 2 aliphatic rings. The van der Waals surface area contributed by atoms with Gasteiger partial charge < -0.3 is 24.2 Å². The van der Waals surface area contributed by atoms with E-state index in [0.29, 0.717) is 40.9 Å². The van der Waals surface area contributed by atoms with Gasteiger partial charge in [0.2, 0.25) is 0 Å². The Morgan fingerprint density at radius 1 is 1.14 bits per heavy atom. The summed E-state index contributed by atoms with van der Waals surface area (Å²) in [7, 11) is 4.66. The zero-order chi connectivity index (χ0) is 26.7. The zero-order valence-electron chi connectivity index (χ0n) is 19.8. The number of carboxylic acids is 1. The van der Waals surface area contributed by atoms with Crippen molar-refractivity contribution in [3.63, 3.8) is 0 Å². The van der Waals surface area contributed by atoms with Gasteiger partial charge in [0.15, 0.2) is 0 Å². The Bertz CT molecular complexity index is 1090. The van der Waals surface area contributed by atoms with Crippen LogP contribution in [0.4, 0.5) is 23.7 Å². The molecule has 0 spiro atoms. The quantitative estimate of drug-likeness (QED) is 0.447. The van der Waals surface area contributed by atoms with Crippen molar-refractivity contribution in [2.24, 2.45) is 5.92 Å². The number of quaternary nitrogens is 1. The summed E-state index contributed by atoms with van der Waals surface area (Å²) in [4.78, 5) is 21.3. The Kier molecular flexibility index (Phi) is 8.40. The minimum Gasteiger partial charge on any atom is -0.542 e. The molecule has 2 saturated heterocycles. The molecule has 2 bridgehead atoms. The first-order valence-electron chi connectivity index (χ1n) is 11.4. The molecule has 0 aliphatic carbocycles. The third kappa shape index (κ3) is 6.82. The Hall–Kier alpha value is -2.98. The van der Waals surface area contributed by atoms with E-state index in [-0.39, 0.29) is 5.75 Å². The monoisotopic (exact) mass is 528 g/mol. The van der Waals surface area contributed by atoms with Gasteiger partial charge in [-0.15, -0.1) is 0 Å². The first-order chi connectivity index (χ1) is 16.8. The molecule has 36 heavy (non-hydrogen) atoms. The summed E-state index contributed by atoms with van der Waals surface area (Å²) in [6.07, 6.45) is -0.882. The van der Waals surface area contributed by atoms with Crippen molar-refractivity contribution in [2.45, 2.75) is 43.9 Å². The van der Waals surface area contributed by atoms with Crippen LogP contribution in [-0.4, -0.2) is 60.6 Å². The van der Waals surface area contributed by atoms with E-state index in [1.807, 2.05) is 12.1 Å². The number of carbonyl (C=O) groups excluding carboxylic acids is 2. The molecule has 2 aromatic carbocycles. The number of amides is 1. The number of aromatic hydroxyl groups is 1. The highest BCUT2D eigenvalue weighted by Gasteiger charge is 2.48. The molecule has 11 heteroatoms. The average molecular weight is 529 g/mol. The Labute approximate surface area is 212 Å². The average Bonchev–Trinajstić information content (AvgIpc) is 2.95. The first kappa shape index (κ1) is 27.6. The number of aliphatic carboxylic acids is 1. The van der Waals surface area contributed by atoms with Crippen molar-refractivity contribution in [2.75, 3.05) is 26.0 Å². The van der Waals surface area contributed by atoms with Crippen LogP contribution in [0.2, 0.25) is 5.02 Å². The lowest BCUT2D eigenvalue weighted by atomic mass is 9.90. The van der Waals surface area contributed by atoms with Crippen LogP contribution in [0.5, 0.6) is 5.75 Å². The third-order valence-corrected chi connectivity index (χ3v) is 7.22. The van der Waals surface area contributed by atoms with Gasteiger partial charge in [0.25, 0.3) is 0 Å². The van der Waals surface area contributed by atoms with E-state index in [1.54, 1.807) is 30.3 Å². The van der Waals surface area contributed by atoms with Crippen molar-refractivity contribution in [1.82, 2.24) is 0 Å². The van der Waals surface area contributed by atoms with Gasteiger partial charge >= 0.3 is 12.3 Å². The number of piperidine rings is 1. The van der Waals surface area contributed by atoms with Gasteiger partial charge in [-0.1, -0.05) is 23.7 Å². The van der Waals surface area contributed by atoms with Gasteiger partial charge in [-0.3, -0.25) is 5.32 Å². The van der Waals surface area contributed by atoms with Crippen molar-refractivity contribution in [1.29, 1.82) is 0 Å². The van der Waals surface area contributed by atoms with Crippen molar-refractivity contribution < 1.29 is 42.2 Å². The maximum absolute atomic E-state index is 12.5. The normalized spacial score (nSPS) is 22.2. The van der Waals surface area contributed by atoms with Crippen LogP contribution in [0.1, 0.15) is 25.7 Å². The van der Waals surface area contributed by atoms with E-state index in [2.05, 4.69) is 19.4 Å². The smallest absolute Gasteiger partial charge is 0.430 e. The minimum absolute atomic E-state index is 0.123. The van der Waals surface area contributed by atoms with E-state index in [1.165, 1.54) is 12.8 Å². The zero-order valence-corrected chi connectivity index (χ0v) is 20.6. The lowest BCUT2D eigenvalue weighted by molar-refractivity contribution is -0.931. The van der Waals surface area contributed by atoms with Gasteiger partial charge in [-0.2, -0.15) is 13.2 Å². The van der Waals surface area contributed by atoms with E-state index in [0.717, 1.165) is 22.9 Å². The molecule has 2 heterocycles. The highest BCUT2D eigenvalue weighted by atomic mass is 35.5. The number of phenols is 1. The van der Waals surface area contributed by atoms with Crippen LogP contribution >= 0.6 is 11.6 Å². The Morgan fingerprint density at radius 2 is 1.75 bits per heavy atom. The van der Waals surface area contributed by atoms with Crippen LogP contribution in [0, 0.1) is 5.92 Å². The van der Waals surface area contributed by atoms with E-state index in [9.17, 15) is 23.1 Å². The molecule has 2 atom stereocenters. The molecular weight excluding hydrogens is 501 g/mol. The van der Waals surface area contributed by atoms with Crippen LogP contribution < -0.4 is 10.4 Å². The van der Waals surface area contributed by atoms with E-state index < -0.39 is 18.2 Å². The molecule has 0 saturated carbocycles. The molecule has 4 rings (SSSR count). The standard InChI is InChI=1S/C23H27ClN2O3.C2HF3O2/c1-26(2)18-6-7-19(26)11-15(10-18)14-29-23(28)25-22-9-8-20(27)13-21(22)16-4-3-5-17(24)12-16;3-2(4,5)1(6)7/h3-5,8-9,12-13,15,18-19H,6-7,10-11,14H2,1-2H3,(H-,25,27,28);(H,6,7). The number of hydrogen-bond acceptors (Lipinski definition) is 5. The number of carbonyl (C=O) groups is 2. The number of phenolic OH excluding ortho intramolecular Hbond substituents is 1. The summed E-state index contributed by atoms with van der Waals surface area (Å²) in [5, 5.41) is 22.1. The van der Waals surface area contributed by atoms with Gasteiger partial charge in [-0.05, 0) is 35.9 Å². The van der Waals surface area contributed by atoms with Gasteiger partial charge in [0.05, 0.1) is 38.5 Å². The second-order valence-electron chi connectivity index (χ2n) is 9.60. The van der Waals surface area contributed by atoms with Crippen molar-refractivity contribution in [3.8, 4) is 16.9 Å². The van der Waals surface area contributed by atoms with Gasteiger partial charge in [0, 0.05) is 42.2 Å². The summed E-state index contributed by atoms with van der Waals surface area (Å²) in [5.74, 6) is -2.46. The molecule has 2 unspecified atom stereocenters. The Morgan fingerprint density at radius 3 is 2.31 bits per heavy atom. The molecule has 2 N–H and O–H groups in total. The molecule has 196 valence electrons. The van der Waals surface area contributed by atoms with Gasteiger partial charge in [0.1, 0.15) is 11.7 Å². The second kappa shape index (κ2) is 11.0. The van der Waals surface area contributed by atoms with Gasteiger partial charge in [-0.25, -0.2) is 4.79 Å². The van der Waals surface area contributed by atoms with Crippen LogP contribution in [0.25, 0.3) is 11.1 Å². The highest BCUT2D eigenvalue weighted by Crippen LogP contribution is 2.42. The molecule has 1 amide bonds. The topological polar surface area (TPSA) is 98.7 Å². The number of nitrogens with one attached hydrogen (secondary N) is 1. The number of anilines is 1. The summed E-state index contributed by atoms with van der Waals surface area (Å²) >= 11 is 6.10. The molecule has 7 nitrogen and oxygen atoms in total. The molecule has 2 aliphatic heterocycles. The molecular formula is C25H28ClF3N2O5. The predicted octanol–water partition coefficient (Wildman–Crippen LogP) is 4.58. The first-order valence-corrected chi connectivity index (χ1v) is 11.8. The number of ether oxygens (including phenoxy) is 1. The third-order valence-electron chi connectivity index (χ3n) is 6.98. The predicted molar refractivity (Wildman–Crippen MR) is 126 cm³/mol. The summed E-state index contributed by atoms with van der Waals surface area (Å²) in [5.41, 5.74) is 2.09. The number of fused-ring (bicyclic) bond motifs is 2. The number of benzene rings is 2. The second-order valence-corrected chi connectivity index (χ2v) is 10.0. The largest absolute Gasteiger partial charge is 0.542 e. The van der Waals surface area contributed by atoms with E-state index in [4.69, 9.17) is 26.2 Å². The highest BCUT2D eigenvalue weighted by molar-refractivity contribution is 6.30. The van der Waals surface area contributed by atoms with Crippen molar-refractivity contribution in [3.05, 3.63) is 47.5 Å². The number of halogens is 4. The number of nitrogens with zero attached hydrogens (tertiary/aromatic N) is 1. The van der Waals surface area contributed by atoms with Crippen LogP contribution in [0.15, 0.2) is 42.5 Å². The Balaban J connectivity index is 0.000000454. The van der Waals surface area contributed by atoms with E-state index >= 15 is 0 Å². The summed E-state index contributed by atoms with van der Waals surface area (Å²) in [6.45, 7) is 0.448. The fraction of sp³-hybridized carbons (Fsp3) is 0.440. The SMILES string of the molecule is C[N+]1(C)C2CCC1CC(COC(=O)Nc1ccc(O)cc1-c1cccc(Cl)c1)C2.O=C([O-])C(F)(F)F. The fourth-order valence-electron chi connectivity index (χ4n) is 5.00. The summed E-state index contributed by atoms with van der Waals surface area (Å²) in [6, 6.07) is 13.5. The number of alkyl halides is 3. The molecule has 2 aromatic rings. The van der Waals surface area contributed by atoms with Crippen LogP contribution in [0.3, 0.4) is 0 Å². The number of rotatable bonds is 4. The maximum atomic E-state index is 12.5. The maximum Gasteiger partial charge on any atom is 0.430 e. The molecule has 0 radical (unpaired) electrons.